The highest BCUT2D eigenvalue weighted by Crippen LogP contribution is 2.07. The van der Waals surface area contributed by atoms with Crippen molar-refractivity contribution in [3.63, 3.8) is 0 Å². The number of aromatic nitrogens is 4. The van der Waals surface area contributed by atoms with Crippen molar-refractivity contribution in [1.82, 2.24) is 20.2 Å². The molecule has 2 aromatic rings. The molecule has 0 aromatic carbocycles. The van der Waals surface area contributed by atoms with Crippen molar-refractivity contribution in [1.29, 1.82) is 0 Å². The SMILES string of the molecule is Cc1nc(NC(=O)c2ccc(Cl)cn2)n[nH]1. The lowest BCUT2D eigenvalue weighted by atomic mass is 10.3. The fraction of sp³-hybridized carbons (Fsp3) is 0.111. The van der Waals surface area contributed by atoms with Gasteiger partial charge in [0.05, 0.1) is 5.02 Å². The van der Waals surface area contributed by atoms with E-state index < -0.39 is 0 Å². The van der Waals surface area contributed by atoms with Gasteiger partial charge in [0.25, 0.3) is 5.91 Å². The Kier molecular flexibility index (Phi) is 2.82. The molecule has 0 radical (unpaired) electrons. The molecule has 0 saturated heterocycles. The molecule has 0 unspecified atom stereocenters. The normalized spacial score (nSPS) is 10.1. The van der Waals surface area contributed by atoms with Gasteiger partial charge in [-0.3, -0.25) is 15.2 Å². The van der Waals surface area contributed by atoms with Crippen LogP contribution in [0.5, 0.6) is 0 Å². The van der Waals surface area contributed by atoms with Crippen LogP contribution in [0.25, 0.3) is 0 Å². The van der Waals surface area contributed by atoms with Gasteiger partial charge < -0.3 is 0 Å². The predicted octanol–water partition coefficient (Wildman–Crippen LogP) is 1.41. The second kappa shape index (κ2) is 4.28. The van der Waals surface area contributed by atoms with E-state index in [1.54, 1.807) is 13.0 Å². The van der Waals surface area contributed by atoms with Crippen molar-refractivity contribution >= 4 is 23.5 Å². The number of carbonyl (C=O) groups is 1. The van der Waals surface area contributed by atoms with E-state index in [9.17, 15) is 4.79 Å². The van der Waals surface area contributed by atoms with Crippen LogP contribution in [0.15, 0.2) is 18.3 Å². The zero-order valence-corrected chi connectivity index (χ0v) is 9.12. The van der Waals surface area contributed by atoms with Gasteiger partial charge in [-0.15, -0.1) is 5.10 Å². The molecule has 82 valence electrons. The van der Waals surface area contributed by atoms with Gasteiger partial charge in [-0.2, -0.15) is 4.98 Å². The Bertz CT molecular complexity index is 507. The molecule has 1 amide bonds. The van der Waals surface area contributed by atoms with Gasteiger partial charge in [0, 0.05) is 6.20 Å². The third-order valence-corrected chi connectivity index (χ3v) is 2.01. The van der Waals surface area contributed by atoms with Crippen LogP contribution in [0.4, 0.5) is 5.95 Å². The van der Waals surface area contributed by atoms with Gasteiger partial charge in [-0.1, -0.05) is 11.6 Å². The minimum Gasteiger partial charge on any atom is -0.288 e. The molecule has 0 aliphatic heterocycles. The Labute approximate surface area is 96.1 Å². The maximum Gasteiger partial charge on any atom is 0.276 e. The van der Waals surface area contributed by atoms with E-state index >= 15 is 0 Å². The topological polar surface area (TPSA) is 83.6 Å². The Morgan fingerprint density at radius 2 is 2.31 bits per heavy atom. The first kappa shape index (κ1) is 10.6. The molecule has 2 heterocycles. The highest BCUT2D eigenvalue weighted by atomic mass is 35.5. The number of carbonyl (C=O) groups excluding carboxylic acids is 1. The van der Waals surface area contributed by atoms with Crippen LogP contribution >= 0.6 is 11.6 Å². The summed E-state index contributed by atoms with van der Waals surface area (Å²) in [5.41, 5.74) is 0.256. The summed E-state index contributed by atoms with van der Waals surface area (Å²) in [7, 11) is 0. The van der Waals surface area contributed by atoms with Gasteiger partial charge in [0.1, 0.15) is 11.5 Å². The van der Waals surface area contributed by atoms with Gasteiger partial charge in [-0.05, 0) is 19.1 Å². The lowest BCUT2D eigenvalue weighted by Gasteiger charge is -1.99. The van der Waals surface area contributed by atoms with E-state index in [0.717, 1.165) is 0 Å². The summed E-state index contributed by atoms with van der Waals surface area (Å²) >= 11 is 5.66. The Balaban J connectivity index is 2.11. The van der Waals surface area contributed by atoms with Crippen molar-refractivity contribution in [3.05, 3.63) is 34.9 Å². The molecule has 0 aliphatic rings. The molecule has 7 heteroatoms. The fourth-order valence-electron chi connectivity index (χ4n) is 1.07. The smallest absolute Gasteiger partial charge is 0.276 e. The van der Waals surface area contributed by atoms with Crippen molar-refractivity contribution in [2.24, 2.45) is 0 Å². The minimum atomic E-state index is -0.379. The van der Waals surface area contributed by atoms with Crippen LogP contribution in [0, 0.1) is 6.92 Å². The highest BCUT2D eigenvalue weighted by Gasteiger charge is 2.09. The molecular weight excluding hydrogens is 230 g/mol. The van der Waals surface area contributed by atoms with Crippen LogP contribution in [0.3, 0.4) is 0 Å². The quantitative estimate of drug-likeness (QED) is 0.827. The Morgan fingerprint density at radius 3 is 2.88 bits per heavy atom. The van der Waals surface area contributed by atoms with Crippen molar-refractivity contribution in [2.45, 2.75) is 6.92 Å². The lowest BCUT2D eigenvalue weighted by Crippen LogP contribution is -2.14. The number of hydrogen-bond acceptors (Lipinski definition) is 4. The van der Waals surface area contributed by atoms with Crippen LogP contribution in [-0.2, 0) is 0 Å². The lowest BCUT2D eigenvalue weighted by molar-refractivity contribution is 0.102. The number of aromatic amines is 1. The zero-order chi connectivity index (χ0) is 11.5. The van der Waals surface area contributed by atoms with Gasteiger partial charge in [0.2, 0.25) is 5.95 Å². The molecule has 2 aromatic heterocycles. The average Bonchev–Trinajstić information content (AvgIpc) is 2.65. The Morgan fingerprint density at radius 1 is 1.50 bits per heavy atom. The Hall–Kier alpha value is -1.95. The first-order valence-corrected chi connectivity index (χ1v) is 4.85. The number of nitrogens with zero attached hydrogens (tertiary/aromatic N) is 3. The van der Waals surface area contributed by atoms with Gasteiger partial charge in [0.15, 0.2) is 0 Å². The summed E-state index contributed by atoms with van der Waals surface area (Å²) in [4.78, 5) is 19.4. The average molecular weight is 238 g/mol. The zero-order valence-electron chi connectivity index (χ0n) is 8.36. The summed E-state index contributed by atoms with van der Waals surface area (Å²) in [6.45, 7) is 1.74. The molecule has 2 rings (SSSR count). The number of pyridine rings is 1. The van der Waals surface area contributed by atoms with E-state index in [0.29, 0.717) is 10.8 Å². The number of rotatable bonds is 2. The molecule has 0 fully saturated rings. The molecule has 2 N–H and O–H groups in total. The predicted molar refractivity (Wildman–Crippen MR) is 58.3 cm³/mol. The van der Waals surface area contributed by atoms with E-state index in [2.05, 4.69) is 25.5 Å². The van der Waals surface area contributed by atoms with Crippen molar-refractivity contribution < 1.29 is 4.79 Å². The summed E-state index contributed by atoms with van der Waals surface area (Å²) in [6.07, 6.45) is 1.40. The van der Waals surface area contributed by atoms with E-state index in [1.165, 1.54) is 12.3 Å². The van der Waals surface area contributed by atoms with E-state index in [1.807, 2.05) is 0 Å². The van der Waals surface area contributed by atoms with Crippen LogP contribution in [0.2, 0.25) is 5.02 Å². The largest absolute Gasteiger partial charge is 0.288 e. The second-order valence-corrected chi connectivity index (χ2v) is 3.50. The molecule has 6 nitrogen and oxygen atoms in total. The number of amides is 1. The number of halogens is 1. The first-order valence-electron chi connectivity index (χ1n) is 4.47. The summed E-state index contributed by atoms with van der Waals surface area (Å²) < 4.78 is 0. The number of aryl methyl sites for hydroxylation is 1. The van der Waals surface area contributed by atoms with Crippen LogP contribution < -0.4 is 5.32 Å². The monoisotopic (exact) mass is 237 g/mol. The van der Waals surface area contributed by atoms with Crippen LogP contribution in [0.1, 0.15) is 16.3 Å². The number of nitrogens with one attached hydrogen (secondary N) is 2. The first-order chi connectivity index (χ1) is 7.65. The van der Waals surface area contributed by atoms with Gasteiger partial charge >= 0.3 is 0 Å². The van der Waals surface area contributed by atoms with Crippen LogP contribution in [-0.4, -0.2) is 26.1 Å². The molecule has 0 bridgehead atoms. The summed E-state index contributed by atoms with van der Waals surface area (Å²) in [5.74, 6) is 0.467. The minimum absolute atomic E-state index is 0.222. The maximum absolute atomic E-state index is 11.6. The maximum atomic E-state index is 11.6. The molecule has 0 atom stereocenters. The molecular formula is C9H8ClN5O. The third-order valence-electron chi connectivity index (χ3n) is 1.78. The number of hydrogen-bond donors (Lipinski definition) is 2. The summed E-state index contributed by atoms with van der Waals surface area (Å²) in [5, 5.41) is 9.37. The molecule has 0 aliphatic carbocycles. The molecule has 0 saturated carbocycles. The highest BCUT2D eigenvalue weighted by molar-refractivity contribution is 6.30. The van der Waals surface area contributed by atoms with E-state index in [-0.39, 0.29) is 17.5 Å². The number of anilines is 1. The summed E-state index contributed by atoms with van der Waals surface area (Å²) in [6, 6.07) is 3.11. The third kappa shape index (κ3) is 2.34. The van der Waals surface area contributed by atoms with Crippen molar-refractivity contribution in [3.8, 4) is 0 Å². The number of H-pyrrole nitrogens is 1. The van der Waals surface area contributed by atoms with E-state index in [4.69, 9.17) is 11.6 Å². The van der Waals surface area contributed by atoms with Crippen molar-refractivity contribution in [2.75, 3.05) is 5.32 Å². The molecule has 0 spiro atoms. The molecule has 16 heavy (non-hydrogen) atoms. The fourth-order valence-corrected chi connectivity index (χ4v) is 1.19. The standard InChI is InChI=1S/C9H8ClN5O/c1-5-12-9(15-14-5)13-8(16)7-3-2-6(10)4-11-7/h2-4H,1H3,(H2,12,13,14,15,16). The van der Waals surface area contributed by atoms with Gasteiger partial charge in [-0.25, -0.2) is 4.98 Å². The second-order valence-electron chi connectivity index (χ2n) is 3.06.